The van der Waals surface area contributed by atoms with E-state index in [1.807, 2.05) is 43.4 Å². The Kier molecular flexibility index (Phi) is 33.3. The molecular formula is C41H67O10P. The van der Waals surface area contributed by atoms with Crippen molar-refractivity contribution < 1.29 is 48.2 Å². The topological polar surface area (TPSA) is 160 Å². The molecule has 10 nitrogen and oxygen atoms in total. The predicted molar refractivity (Wildman–Crippen MR) is 209 cm³/mol. The van der Waals surface area contributed by atoms with E-state index in [0.717, 1.165) is 44.9 Å². The van der Waals surface area contributed by atoms with Gasteiger partial charge < -0.3 is 29.5 Å². The molecule has 0 bridgehead atoms. The molecule has 3 atom stereocenters. The molecule has 296 valence electrons. The molecule has 52 heavy (non-hydrogen) atoms. The SMILES string of the molecule is CC/C=C\C[C@@H](O)/C=C/C=C\C=C\[C@@H](O)C/C=C\C/C=C\CCC(=O)OC[C@H](COP(=O)(O)O)OC(=O)CCCCCCC/C=C\CCCCCC. The lowest BCUT2D eigenvalue weighted by molar-refractivity contribution is -0.161. The van der Waals surface area contributed by atoms with Crippen molar-refractivity contribution in [1.29, 1.82) is 0 Å². The van der Waals surface area contributed by atoms with Crippen LogP contribution in [0.15, 0.2) is 85.1 Å². The van der Waals surface area contributed by atoms with Gasteiger partial charge in [0, 0.05) is 12.8 Å². The number of carbonyl (C=O) groups excluding carboxylic acids is 2. The first-order valence-corrected chi connectivity index (χ1v) is 20.6. The van der Waals surface area contributed by atoms with E-state index in [-0.39, 0.29) is 19.4 Å². The lowest BCUT2D eigenvalue weighted by atomic mass is 10.1. The monoisotopic (exact) mass is 750 g/mol. The maximum absolute atomic E-state index is 12.3. The molecule has 0 aromatic heterocycles. The summed E-state index contributed by atoms with van der Waals surface area (Å²) in [5.74, 6) is -1.07. The number of rotatable bonds is 33. The number of aliphatic hydroxyl groups is 2. The highest BCUT2D eigenvalue weighted by atomic mass is 31.2. The van der Waals surface area contributed by atoms with Crippen LogP contribution in [0.4, 0.5) is 0 Å². The number of phosphoric ester groups is 1. The second-order valence-electron chi connectivity index (χ2n) is 12.6. The second kappa shape index (κ2) is 35.2. The average molecular weight is 751 g/mol. The molecule has 0 rings (SSSR count). The van der Waals surface area contributed by atoms with E-state index in [2.05, 4.69) is 23.6 Å². The minimum Gasteiger partial charge on any atom is -0.462 e. The first-order valence-electron chi connectivity index (χ1n) is 19.1. The second-order valence-corrected chi connectivity index (χ2v) is 13.8. The Labute approximate surface area is 313 Å². The van der Waals surface area contributed by atoms with Crippen LogP contribution in [-0.4, -0.2) is 63.5 Å². The molecule has 0 spiro atoms. The van der Waals surface area contributed by atoms with Crippen LogP contribution < -0.4 is 0 Å². The zero-order valence-corrected chi connectivity index (χ0v) is 32.5. The Hall–Kier alpha value is -2.85. The van der Waals surface area contributed by atoms with Gasteiger partial charge in [-0.25, -0.2) is 4.57 Å². The molecule has 0 aromatic carbocycles. The summed E-state index contributed by atoms with van der Waals surface area (Å²) in [6.45, 7) is 3.29. The maximum Gasteiger partial charge on any atom is 0.469 e. The fraction of sp³-hybridized carbons (Fsp3) is 0.610. The summed E-state index contributed by atoms with van der Waals surface area (Å²) < 4.78 is 26.2. The van der Waals surface area contributed by atoms with Gasteiger partial charge in [0.15, 0.2) is 6.10 Å². The van der Waals surface area contributed by atoms with Crippen LogP contribution in [0, 0.1) is 0 Å². The molecule has 11 heteroatoms. The summed E-state index contributed by atoms with van der Waals surface area (Å²) in [5, 5.41) is 19.9. The van der Waals surface area contributed by atoms with Crippen molar-refractivity contribution in [2.75, 3.05) is 13.2 Å². The molecule has 0 radical (unpaired) electrons. The number of hydrogen-bond acceptors (Lipinski definition) is 8. The Balaban J connectivity index is 4.25. The lowest BCUT2D eigenvalue weighted by Crippen LogP contribution is -2.29. The van der Waals surface area contributed by atoms with Crippen molar-refractivity contribution in [3.05, 3.63) is 85.1 Å². The summed E-state index contributed by atoms with van der Waals surface area (Å²) in [6.07, 6.45) is 39.5. The van der Waals surface area contributed by atoms with Gasteiger partial charge in [-0.3, -0.25) is 14.1 Å². The van der Waals surface area contributed by atoms with Crippen LogP contribution in [0.5, 0.6) is 0 Å². The van der Waals surface area contributed by atoms with E-state index < -0.39 is 44.7 Å². The molecule has 4 N–H and O–H groups in total. The molecule has 0 unspecified atom stereocenters. The molecule has 0 saturated heterocycles. The molecule has 0 aliphatic rings. The fourth-order valence-electron chi connectivity index (χ4n) is 4.68. The van der Waals surface area contributed by atoms with Gasteiger partial charge in [-0.15, -0.1) is 0 Å². The minimum absolute atomic E-state index is 0.0794. The quantitative estimate of drug-likeness (QED) is 0.0167. The molecule has 0 fully saturated rings. The zero-order valence-electron chi connectivity index (χ0n) is 31.6. The van der Waals surface area contributed by atoms with Crippen molar-refractivity contribution >= 4 is 19.8 Å². The highest BCUT2D eigenvalue weighted by Gasteiger charge is 2.22. The predicted octanol–water partition coefficient (Wildman–Crippen LogP) is 9.23. The van der Waals surface area contributed by atoms with Crippen LogP contribution in [0.25, 0.3) is 0 Å². The van der Waals surface area contributed by atoms with Crippen LogP contribution in [-0.2, 0) is 28.2 Å². The number of allylic oxidation sites excluding steroid dienone is 10. The minimum atomic E-state index is -4.80. The van der Waals surface area contributed by atoms with E-state index in [1.165, 1.54) is 25.7 Å². The Morgan fingerprint density at radius 1 is 0.615 bits per heavy atom. The molecule has 0 aromatic rings. The van der Waals surface area contributed by atoms with E-state index in [4.69, 9.17) is 19.3 Å². The smallest absolute Gasteiger partial charge is 0.462 e. The normalized spacial score (nSPS) is 14.7. The maximum atomic E-state index is 12.3. The zero-order chi connectivity index (χ0) is 38.5. The number of phosphoric acid groups is 1. The van der Waals surface area contributed by atoms with Gasteiger partial charge in [0.25, 0.3) is 0 Å². The highest BCUT2D eigenvalue weighted by molar-refractivity contribution is 7.46. The largest absolute Gasteiger partial charge is 0.469 e. The van der Waals surface area contributed by atoms with Gasteiger partial charge in [-0.05, 0) is 64.2 Å². The van der Waals surface area contributed by atoms with E-state index in [0.29, 0.717) is 32.1 Å². The van der Waals surface area contributed by atoms with Crippen LogP contribution in [0.1, 0.15) is 129 Å². The first kappa shape index (κ1) is 49.1. The Morgan fingerprint density at radius 3 is 1.79 bits per heavy atom. The molecular weight excluding hydrogens is 683 g/mol. The molecule has 0 aliphatic carbocycles. The molecule has 0 heterocycles. The van der Waals surface area contributed by atoms with E-state index >= 15 is 0 Å². The van der Waals surface area contributed by atoms with Crippen molar-refractivity contribution in [2.24, 2.45) is 0 Å². The van der Waals surface area contributed by atoms with Crippen molar-refractivity contribution in [3.8, 4) is 0 Å². The average Bonchev–Trinajstić information content (AvgIpc) is 3.10. The van der Waals surface area contributed by atoms with Crippen molar-refractivity contribution in [3.63, 3.8) is 0 Å². The third-order valence-corrected chi connectivity index (χ3v) is 8.06. The molecule has 0 aliphatic heterocycles. The first-order chi connectivity index (χ1) is 25.1. The van der Waals surface area contributed by atoms with Gasteiger partial charge in [-0.1, -0.05) is 137 Å². The number of esters is 2. The summed E-state index contributed by atoms with van der Waals surface area (Å²) >= 11 is 0. The molecule has 0 amide bonds. The Bertz CT molecular complexity index is 1150. The third-order valence-electron chi connectivity index (χ3n) is 7.58. The molecule has 0 saturated carbocycles. The summed E-state index contributed by atoms with van der Waals surface area (Å²) in [7, 11) is -4.80. The van der Waals surface area contributed by atoms with Crippen molar-refractivity contribution in [1.82, 2.24) is 0 Å². The number of ether oxygens (including phenoxy) is 2. The van der Waals surface area contributed by atoms with Gasteiger partial charge in [0.1, 0.15) is 6.61 Å². The summed E-state index contributed by atoms with van der Waals surface area (Å²) in [4.78, 5) is 42.7. The van der Waals surface area contributed by atoms with Gasteiger partial charge >= 0.3 is 19.8 Å². The number of hydrogen-bond donors (Lipinski definition) is 4. The van der Waals surface area contributed by atoms with E-state index in [1.54, 1.807) is 36.5 Å². The number of unbranched alkanes of at least 4 members (excludes halogenated alkanes) is 9. The van der Waals surface area contributed by atoms with Gasteiger partial charge in [0.2, 0.25) is 0 Å². The Morgan fingerprint density at radius 2 is 1.17 bits per heavy atom. The number of carbonyl (C=O) groups is 2. The van der Waals surface area contributed by atoms with Gasteiger partial charge in [0.05, 0.1) is 18.8 Å². The highest BCUT2D eigenvalue weighted by Crippen LogP contribution is 2.36. The van der Waals surface area contributed by atoms with Crippen LogP contribution in [0.2, 0.25) is 0 Å². The van der Waals surface area contributed by atoms with Gasteiger partial charge in [-0.2, -0.15) is 0 Å². The van der Waals surface area contributed by atoms with Crippen LogP contribution >= 0.6 is 7.82 Å². The summed E-state index contributed by atoms with van der Waals surface area (Å²) in [6, 6.07) is 0. The van der Waals surface area contributed by atoms with Crippen molar-refractivity contribution in [2.45, 2.75) is 148 Å². The lowest BCUT2D eigenvalue weighted by Gasteiger charge is -2.18. The number of aliphatic hydroxyl groups excluding tert-OH is 2. The van der Waals surface area contributed by atoms with E-state index in [9.17, 15) is 24.4 Å². The summed E-state index contributed by atoms with van der Waals surface area (Å²) in [5.41, 5.74) is 0. The fourth-order valence-corrected chi connectivity index (χ4v) is 5.04. The third kappa shape index (κ3) is 36.9. The standard InChI is InChI=1S/C41H67O10P/c1-3-5-7-8-9-10-11-12-13-14-15-20-28-34-41(45)51-39(36-50-52(46,47)48)35-49-40(44)33-27-19-17-16-18-24-30-38(43)32-26-22-21-25-31-37(42)29-23-6-4-2/h6,10-11,17-19,21-26,31-32,37-39,42-43H,3-5,7-9,12-16,20,27-30,33-36H2,1-2H3,(H2,46,47,48)/b11-10-,19-17-,22-21-,23-6-,24-18-,31-25+,32-26+/t37-,38+,39-/m1/s1. The van der Waals surface area contributed by atoms with Crippen LogP contribution in [0.3, 0.4) is 0 Å².